The lowest BCUT2D eigenvalue weighted by Crippen LogP contribution is -2.40. The smallest absolute Gasteiger partial charge is 0.254 e. The Bertz CT molecular complexity index is 739. The summed E-state index contributed by atoms with van der Waals surface area (Å²) in [6.07, 6.45) is 0.126. The fraction of sp³-hybridized carbons (Fsp3) is 0.316. The molecule has 1 saturated heterocycles. The van der Waals surface area contributed by atoms with Crippen LogP contribution in [0, 0.1) is 5.82 Å². The standard InChI is InChI=1S/C19H21FN2O3/c20-18-9-15(23)6-7-17(18)19(25)21-10-14-8-16(24)12-22(14)11-13-4-2-1-3-5-13/h1-7,9,14,16,23-24H,8,10-12H2,(H,21,25)/t14-,16+/m1/s1. The van der Waals surface area contributed by atoms with Gasteiger partial charge in [0.25, 0.3) is 5.91 Å². The molecule has 1 heterocycles. The van der Waals surface area contributed by atoms with Gasteiger partial charge in [-0.1, -0.05) is 30.3 Å². The number of amides is 1. The number of hydrogen-bond donors (Lipinski definition) is 3. The third-order valence-corrected chi connectivity index (χ3v) is 4.43. The van der Waals surface area contributed by atoms with Crippen LogP contribution in [0.15, 0.2) is 48.5 Å². The van der Waals surface area contributed by atoms with Gasteiger partial charge in [-0.15, -0.1) is 0 Å². The van der Waals surface area contributed by atoms with E-state index in [9.17, 15) is 19.4 Å². The van der Waals surface area contributed by atoms with E-state index in [-0.39, 0.29) is 17.4 Å². The molecule has 0 aromatic heterocycles. The highest BCUT2D eigenvalue weighted by Crippen LogP contribution is 2.21. The summed E-state index contributed by atoms with van der Waals surface area (Å²) in [5, 5.41) is 21.9. The van der Waals surface area contributed by atoms with Gasteiger partial charge in [0.05, 0.1) is 11.7 Å². The van der Waals surface area contributed by atoms with Gasteiger partial charge in [0.15, 0.2) is 0 Å². The van der Waals surface area contributed by atoms with Crippen LogP contribution in [0.1, 0.15) is 22.3 Å². The van der Waals surface area contributed by atoms with Crippen molar-refractivity contribution < 1.29 is 19.4 Å². The molecule has 1 aliphatic heterocycles. The van der Waals surface area contributed by atoms with E-state index in [2.05, 4.69) is 10.2 Å². The number of carbonyl (C=O) groups is 1. The van der Waals surface area contributed by atoms with Crippen molar-refractivity contribution >= 4 is 5.91 Å². The van der Waals surface area contributed by atoms with Crippen LogP contribution in [0.4, 0.5) is 4.39 Å². The maximum absolute atomic E-state index is 13.8. The zero-order chi connectivity index (χ0) is 17.8. The highest BCUT2D eigenvalue weighted by molar-refractivity contribution is 5.94. The minimum atomic E-state index is -0.759. The molecule has 132 valence electrons. The van der Waals surface area contributed by atoms with E-state index >= 15 is 0 Å². The maximum atomic E-state index is 13.8. The predicted molar refractivity (Wildman–Crippen MR) is 91.7 cm³/mol. The van der Waals surface area contributed by atoms with E-state index in [1.54, 1.807) is 0 Å². The van der Waals surface area contributed by atoms with E-state index in [0.717, 1.165) is 11.6 Å². The molecule has 1 fully saturated rings. The first kappa shape index (κ1) is 17.4. The quantitative estimate of drug-likeness (QED) is 0.775. The molecule has 25 heavy (non-hydrogen) atoms. The molecule has 2 aromatic rings. The maximum Gasteiger partial charge on any atom is 0.254 e. The number of rotatable bonds is 5. The van der Waals surface area contributed by atoms with E-state index in [1.807, 2.05) is 30.3 Å². The lowest BCUT2D eigenvalue weighted by molar-refractivity contribution is 0.0935. The zero-order valence-electron chi connectivity index (χ0n) is 13.7. The first-order valence-electron chi connectivity index (χ1n) is 8.25. The van der Waals surface area contributed by atoms with Crippen molar-refractivity contribution in [2.24, 2.45) is 0 Å². The average molecular weight is 344 g/mol. The molecule has 0 saturated carbocycles. The Hall–Kier alpha value is -2.44. The van der Waals surface area contributed by atoms with E-state index < -0.39 is 17.8 Å². The van der Waals surface area contributed by atoms with Crippen molar-refractivity contribution in [3.63, 3.8) is 0 Å². The van der Waals surface area contributed by atoms with E-state index in [1.165, 1.54) is 12.1 Å². The van der Waals surface area contributed by atoms with Crippen LogP contribution < -0.4 is 5.32 Å². The summed E-state index contributed by atoms with van der Waals surface area (Å²) in [6, 6.07) is 13.3. The number of carbonyl (C=O) groups excluding carboxylic acids is 1. The number of β-amino-alcohol motifs (C(OH)–C–C–N with tert-alkyl or cyclic N) is 1. The number of aliphatic hydroxyl groups is 1. The SMILES string of the molecule is O=C(NC[C@H]1C[C@H](O)CN1Cc1ccccc1)c1ccc(O)cc1F. The third kappa shape index (κ3) is 4.35. The van der Waals surface area contributed by atoms with Gasteiger partial charge in [-0.2, -0.15) is 0 Å². The van der Waals surface area contributed by atoms with Gasteiger partial charge in [-0.05, 0) is 24.1 Å². The number of phenolic OH excluding ortho intramolecular Hbond substituents is 1. The summed E-state index contributed by atoms with van der Waals surface area (Å²) in [5.41, 5.74) is 1.03. The Morgan fingerprint density at radius 1 is 1.24 bits per heavy atom. The Kier molecular flexibility index (Phi) is 5.31. The highest BCUT2D eigenvalue weighted by atomic mass is 19.1. The van der Waals surface area contributed by atoms with Crippen molar-refractivity contribution in [1.29, 1.82) is 0 Å². The van der Waals surface area contributed by atoms with Crippen molar-refractivity contribution in [2.45, 2.75) is 25.1 Å². The third-order valence-electron chi connectivity index (χ3n) is 4.43. The molecule has 1 amide bonds. The van der Waals surface area contributed by atoms with Crippen LogP contribution in [0.5, 0.6) is 5.75 Å². The average Bonchev–Trinajstić information content (AvgIpc) is 2.93. The summed E-state index contributed by atoms with van der Waals surface area (Å²) < 4.78 is 13.8. The Morgan fingerprint density at radius 3 is 2.72 bits per heavy atom. The van der Waals surface area contributed by atoms with Gasteiger partial charge in [0, 0.05) is 31.7 Å². The summed E-state index contributed by atoms with van der Waals surface area (Å²) in [5.74, 6) is -1.51. The molecular formula is C19H21FN2O3. The van der Waals surface area contributed by atoms with Crippen LogP contribution in [-0.4, -0.2) is 46.3 Å². The predicted octanol–water partition coefficient (Wildman–Crippen LogP) is 1.90. The minimum Gasteiger partial charge on any atom is -0.508 e. The van der Waals surface area contributed by atoms with Gasteiger partial charge in [-0.25, -0.2) is 4.39 Å². The fourth-order valence-corrected chi connectivity index (χ4v) is 3.18. The lowest BCUT2D eigenvalue weighted by atomic mass is 10.1. The second-order valence-corrected chi connectivity index (χ2v) is 6.33. The summed E-state index contributed by atoms with van der Waals surface area (Å²) in [4.78, 5) is 14.3. The Labute approximate surface area is 145 Å². The zero-order valence-corrected chi connectivity index (χ0v) is 13.7. The normalized spacial score (nSPS) is 20.6. The van der Waals surface area contributed by atoms with Crippen molar-refractivity contribution in [3.8, 4) is 5.75 Å². The second kappa shape index (κ2) is 7.63. The molecule has 2 aromatic carbocycles. The molecule has 2 atom stereocenters. The number of likely N-dealkylation sites (tertiary alicyclic amines) is 1. The van der Waals surface area contributed by atoms with Crippen LogP contribution in [-0.2, 0) is 6.54 Å². The molecule has 3 rings (SSSR count). The molecule has 0 unspecified atom stereocenters. The molecule has 0 aliphatic carbocycles. The first-order valence-corrected chi connectivity index (χ1v) is 8.25. The number of aliphatic hydroxyl groups excluding tert-OH is 1. The van der Waals surface area contributed by atoms with E-state index in [4.69, 9.17) is 0 Å². The van der Waals surface area contributed by atoms with Gasteiger partial charge in [0.1, 0.15) is 11.6 Å². The van der Waals surface area contributed by atoms with Crippen LogP contribution in [0.2, 0.25) is 0 Å². The number of hydrogen-bond acceptors (Lipinski definition) is 4. The molecule has 0 spiro atoms. The number of nitrogens with one attached hydrogen (secondary N) is 1. The van der Waals surface area contributed by atoms with Crippen molar-refractivity contribution in [1.82, 2.24) is 10.2 Å². The van der Waals surface area contributed by atoms with Gasteiger partial charge in [0.2, 0.25) is 0 Å². The summed E-state index contributed by atoms with van der Waals surface area (Å²) >= 11 is 0. The van der Waals surface area contributed by atoms with Gasteiger partial charge in [-0.3, -0.25) is 9.69 Å². The number of phenols is 1. The molecule has 0 bridgehead atoms. The summed E-state index contributed by atoms with van der Waals surface area (Å²) in [7, 11) is 0. The van der Waals surface area contributed by atoms with Gasteiger partial charge >= 0.3 is 0 Å². The molecular weight excluding hydrogens is 323 g/mol. The number of aromatic hydroxyl groups is 1. The monoisotopic (exact) mass is 344 g/mol. The van der Waals surface area contributed by atoms with Crippen LogP contribution in [0.25, 0.3) is 0 Å². The number of halogens is 1. The van der Waals surface area contributed by atoms with Crippen molar-refractivity contribution in [3.05, 3.63) is 65.5 Å². The number of nitrogens with zero attached hydrogens (tertiary/aromatic N) is 1. The second-order valence-electron chi connectivity index (χ2n) is 6.33. The molecule has 6 heteroatoms. The fourth-order valence-electron chi connectivity index (χ4n) is 3.18. The topological polar surface area (TPSA) is 72.8 Å². The largest absolute Gasteiger partial charge is 0.508 e. The Balaban J connectivity index is 1.61. The van der Waals surface area contributed by atoms with Crippen LogP contribution >= 0.6 is 0 Å². The first-order chi connectivity index (χ1) is 12.0. The lowest BCUT2D eigenvalue weighted by Gasteiger charge is -2.24. The summed E-state index contributed by atoms with van der Waals surface area (Å²) in [6.45, 7) is 1.55. The molecule has 1 aliphatic rings. The highest BCUT2D eigenvalue weighted by Gasteiger charge is 2.31. The molecule has 3 N–H and O–H groups in total. The molecule has 0 radical (unpaired) electrons. The van der Waals surface area contributed by atoms with Gasteiger partial charge < -0.3 is 15.5 Å². The Morgan fingerprint density at radius 2 is 2.00 bits per heavy atom. The van der Waals surface area contributed by atoms with Crippen molar-refractivity contribution in [2.75, 3.05) is 13.1 Å². The van der Waals surface area contributed by atoms with Crippen LogP contribution in [0.3, 0.4) is 0 Å². The van der Waals surface area contributed by atoms with E-state index in [0.29, 0.717) is 26.1 Å². The minimum absolute atomic E-state index is 0.0145. The molecule has 5 nitrogen and oxygen atoms in total. The number of benzene rings is 2.